The monoisotopic (exact) mass is 562 g/mol. The van der Waals surface area contributed by atoms with Crippen LogP contribution < -0.4 is 0 Å². The lowest BCUT2D eigenvalue weighted by molar-refractivity contribution is -0.248. The molecule has 5 aliphatic rings. The molecule has 0 aromatic heterocycles. The standard InChI is InChI=1S/C32H51BrO3/c1-20(2)21-10-15-32(27(35)36-19-18-33)17-16-30(6)22(26(21)32)8-9-24-29(5)13-12-25(34)28(3,4)23(29)11-14-31(24,30)7/h21-26,34H,1,8-19H2,2-7H3. The minimum Gasteiger partial charge on any atom is -0.464 e. The molecule has 10 atom stereocenters. The van der Waals surface area contributed by atoms with Gasteiger partial charge in [0.1, 0.15) is 6.61 Å². The number of ether oxygens (including phenoxy) is 1. The van der Waals surface area contributed by atoms with Crippen molar-refractivity contribution in [3.05, 3.63) is 12.2 Å². The highest BCUT2D eigenvalue weighted by Gasteiger charge is 2.72. The number of rotatable bonds is 4. The van der Waals surface area contributed by atoms with E-state index in [-0.39, 0.29) is 39.1 Å². The minimum absolute atomic E-state index is 0.0104. The highest BCUT2D eigenvalue weighted by atomic mass is 79.9. The molecule has 4 heteroatoms. The molecule has 0 bridgehead atoms. The van der Waals surface area contributed by atoms with Crippen molar-refractivity contribution in [2.24, 2.45) is 56.7 Å². The minimum atomic E-state index is -0.322. The van der Waals surface area contributed by atoms with E-state index in [1.807, 2.05) is 0 Å². The number of halogens is 1. The highest BCUT2D eigenvalue weighted by Crippen LogP contribution is 2.77. The zero-order chi connectivity index (χ0) is 26.3. The van der Waals surface area contributed by atoms with Gasteiger partial charge in [0.2, 0.25) is 0 Å². The molecule has 3 nitrogen and oxygen atoms in total. The van der Waals surface area contributed by atoms with E-state index >= 15 is 0 Å². The molecule has 5 aliphatic carbocycles. The predicted octanol–water partition coefficient (Wildman–Crippen LogP) is 7.94. The molecule has 36 heavy (non-hydrogen) atoms. The summed E-state index contributed by atoms with van der Waals surface area (Å²) in [6.45, 7) is 19.6. The van der Waals surface area contributed by atoms with Crippen molar-refractivity contribution < 1.29 is 14.6 Å². The van der Waals surface area contributed by atoms with E-state index in [1.54, 1.807) is 0 Å². The maximum Gasteiger partial charge on any atom is 0.312 e. The lowest BCUT2D eigenvalue weighted by Crippen LogP contribution is -2.67. The Morgan fingerprint density at radius 2 is 1.64 bits per heavy atom. The fourth-order valence-corrected chi connectivity index (χ4v) is 11.9. The molecule has 0 radical (unpaired) electrons. The van der Waals surface area contributed by atoms with Gasteiger partial charge in [-0.3, -0.25) is 4.79 Å². The molecular weight excluding hydrogens is 512 g/mol. The lowest BCUT2D eigenvalue weighted by atomic mass is 9.32. The van der Waals surface area contributed by atoms with Crippen molar-refractivity contribution >= 4 is 21.9 Å². The van der Waals surface area contributed by atoms with Crippen LogP contribution in [0.5, 0.6) is 0 Å². The van der Waals surface area contributed by atoms with Gasteiger partial charge in [-0.2, -0.15) is 0 Å². The summed E-state index contributed by atoms with van der Waals surface area (Å²) in [6.07, 6.45) is 11.1. The summed E-state index contributed by atoms with van der Waals surface area (Å²) < 4.78 is 5.89. The van der Waals surface area contributed by atoms with Crippen LogP contribution in [0.25, 0.3) is 0 Å². The third-order valence-electron chi connectivity index (χ3n) is 13.8. The molecule has 5 saturated carbocycles. The zero-order valence-electron chi connectivity index (χ0n) is 23.8. The van der Waals surface area contributed by atoms with Crippen LogP contribution in [0.1, 0.15) is 106 Å². The van der Waals surface area contributed by atoms with Gasteiger partial charge in [-0.1, -0.05) is 62.7 Å². The Morgan fingerprint density at radius 1 is 0.917 bits per heavy atom. The number of fused-ring (bicyclic) bond motifs is 7. The lowest BCUT2D eigenvalue weighted by Gasteiger charge is -2.72. The quantitative estimate of drug-likeness (QED) is 0.215. The summed E-state index contributed by atoms with van der Waals surface area (Å²) in [4.78, 5) is 13.7. The van der Waals surface area contributed by atoms with Gasteiger partial charge in [-0.15, -0.1) is 0 Å². The Labute approximate surface area is 228 Å². The molecule has 0 aliphatic heterocycles. The second-order valence-electron chi connectivity index (χ2n) is 15.0. The number of aliphatic hydroxyl groups is 1. The van der Waals surface area contributed by atoms with Crippen LogP contribution in [-0.2, 0) is 9.53 Å². The van der Waals surface area contributed by atoms with E-state index in [0.29, 0.717) is 41.5 Å². The summed E-state index contributed by atoms with van der Waals surface area (Å²) in [5.74, 6) is 2.70. The molecule has 5 fully saturated rings. The molecule has 0 aromatic rings. The molecule has 204 valence electrons. The fourth-order valence-electron chi connectivity index (χ4n) is 11.8. The number of carbonyl (C=O) groups excluding carboxylic acids is 1. The summed E-state index contributed by atoms with van der Waals surface area (Å²) >= 11 is 3.45. The molecule has 1 N–H and O–H groups in total. The smallest absolute Gasteiger partial charge is 0.312 e. The Bertz CT molecular complexity index is 913. The number of esters is 1. The summed E-state index contributed by atoms with van der Waals surface area (Å²) in [5, 5.41) is 11.7. The molecular formula is C32H51BrO3. The third kappa shape index (κ3) is 3.40. The Balaban J connectivity index is 1.54. The molecule has 0 saturated heterocycles. The topological polar surface area (TPSA) is 46.5 Å². The van der Waals surface area contributed by atoms with Crippen molar-refractivity contribution in [1.29, 1.82) is 0 Å². The van der Waals surface area contributed by atoms with E-state index in [0.717, 1.165) is 38.5 Å². The fraction of sp³-hybridized carbons (Fsp3) is 0.906. The normalized spacial score (nSPS) is 51.3. The molecule has 0 amide bonds. The largest absolute Gasteiger partial charge is 0.464 e. The molecule has 0 aromatic carbocycles. The van der Waals surface area contributed by atoms with Crippen molar-refractivity contribution in [1.82, 2.24) is 0 Å². The van der Waals surface area contributed by atoms with E-state index < -0.39 is 0 Å². The average molecular weight is 564 g/mol. The first-order valence-corrected chi connectivity index (χ1v) is 16.0. The van der Waals surface area contributed by atoms with E-state index in [4.69, 9.17) is 4.74 Å². The first kappa shape index (κ1) is 27.2. The van der Waals surface area contributed by atoms with Gasteiger partial charge in [0.25, 0.3) is 0 Å². The van der Waals surface area contributed by atoms with Gasteiger partial charge in [-0.05, 0) is 122 Å². The van der Waals surface area contributed by atoms with Crippen LogP contribution in [0.4, 0.5) is 0 Å². The van der Waals surface area contributed by atoms with Gasteiger partial charge < -0.3 is 9.84 Å². The number of aliphatic hydroxyl groups excluding tert-OH is 1. The Hall–Kier alpha value is -0.350. The molecule has 0 spiro atoms. The molecule has 5 rings (SSSR count). The summed E-state index contributed by atoms with van der Waals surface area (Å²) in [6, 6.07) is 0. The number of alkyl halides is 1. The van der Waals surface area contributed by atoms with Crippen LogP contribution in [0.2, 0.25) is 0 Å². The van der Waals surface area contributed by atoms with Crippen LogP contribution in [-0.4, -0.2) is 29.1 Å². The van der Waals surface area contributed by atoms with Gasteiger partial charge in [-0.25, -0.2) is 0 Å². The van der Waals surface area contributed by atoms with Crippen molar-refractivity contribution in [2.75, 3.05) is 11.9 Å². The summed E-state index contributed by atoms with van der Waals surface area (Å²) in [5.41, 5.74) is 1.72. The molecule has 0 heterocycles. The second kappa shape index (κ2) is 8.83. The molecule has 10 unspecified atom stereocenters. The first-order chi connectivity index (χ1) is 16.8. The number of hydrogen-bond donors (Lipinski definition) is 1. The van der Waals surface area contributed by atoms with Crippen LogP contribution in [0.3, 0.4) is 0 Å². The van der Waals surface area contributed by atoms with Gasteiger partial charge in [0, 0.05) is 5.33 Å². The number of allylic oxidation sites excluding steroid dienone is 1. The van der Waals surface area contributed by atoms with Gasteiger partial charge in [0.05, 0.1) is 11.5 Å². The third-order valence-corrected chi connectivity index (χ3v) is 14.1. The van der Waals surface area contributed by atoms with Crippen molar-refractivity contribution in [3.63, 3.8) is 0 Å². The zero-order valence-corrected chi connectivity index (χ0v) is 25.4. The second-order valence-corrected chi connectivity index (χ2v) is 15.8. The average Bonchev–Trinajstić information content (AvgIpc) is 3.22. The predicted molar refractivity (Wildman–Crippen MR) is 150 cm³/mol. The highest BCUT2D eigenvalue weighted by molar-refractivity contribution is 9.09. The van der Waals surface area contributed by atoms with Crippen molar-refractivity contribution in [2.45, 2.75) is 112 Å². The van der Waals surface area contributed by atoms with Crippen molar-refractivity contribution in [3.8, 4) is 0 Å². The maximum absolute atomic E-state index is 13.7. The Morgan fingerprint density at radius 3 is 2.31 bits per heavy atom. The van der Waals surface area contributed by atoms with E-state index in [9.17, 15) is 9.90 Å². The van der Waals surface area contributed by atoms with Gasteiger partial charge >= 0.3 is 5.97 Å². The SMILES string of the molecule is C=C(C)C1CCC2(C(=O)OCCBr)CCC3(C)C(CCC4C5(C)CCC(O)C(C)(C)C5CCC43C)C12. The number of carbonyl (C=O) groups is 1. The van der Waals surface area contributed by atoms with Crippen LogP contribution in [0, 0.1) is 56.7 Å². The van der Waals surface area contributed by atoms with E-state index in [2.05, 4.69) is 64.1 Å². The maximum atomic E-state index is 13.7. The van der Waals surface area contributed by atoms with Gasteiger partial charge in [0.15, 0.2) is 0 Å². The van der Waals surface area contributed by atoms with Crippen LogP contribution >= 0.6 is 15.9 Å². The van der Waals surface area contributed by atoms with Crippen LogP contribution in [0.15, 0.2) is 12.2 Å². The first-order valence-electron chi connectivity index (χ1n) is 14.9. The summed E-state index contributed by atoms with van der Waals surface area (Å²) in [7, 11) is 0. The Kier molecular flexibility index (Phi) is 6.68. The van der Waals surface area contributed by atoms with E-state index in [1.165, 1.54) is 31.3 Å². The number of hydrogen-bond acceptors (Lipinski definition) is 3.